The maximum atomic E-state index is 12.3. The zero-order chi connectivity index (χ0) is 14.2. The Bertz CT molecular complexity index is 697. The van der Waals surface area contributed by atoms with Crippen LogP contribution in [0.25, 0.3) is 0 Å². The molecule has 6 heteroatoms. The quantitative estimate of drug-likeness (QED) is 0.902. The van der Waals surface area contributed by atoms with E-state index in [1.807, 2.05) is 12.1 Å². The van der Waals surface area contributed by atoms with Gasteiger partial charge in [0.05, 0.1) is 0 Å². The second kappa shape index (κ2) is 5.29. The molecule has 0 atom stereocenters. The molecule has 1 aromatic heterocycles. The molecule has 1 aromatic carbocycles. The summed E-state index contributed by atoms with van der Waals surface area (Å²) in [6.45, 7) is 0.370. The molecule has 0 saturated carbocycles. The van der Waals surface area contributed by atoms with Crippen molar-refractivity contribution in [3.63, 3.8) is 0 Å². The molecule has 0 bridgehead atoms. The molecule has 0 amide bonds. The fourth-order valence-corrected chi connectivity index (χ4v) is 5.02. The smallest absolute Gasteiger partial charge is 0.250 e. The standard InChI is InChI=1S/C14H16N2O2S2/c15-9-13-5-6-14(19-13)20(17,18)16-12-7-10-3-1-2-4-11(10)8-12/h1-6,12,16H,7-9,15H2. The first kappa shape index (κ1) is 13.8. The maximum Gasteiger partial charge on any atom is 0.250 e. The zero-order valence-corrected chi connectivity index (χ0v) is 12.5. The van der Waals surface area contributed by atoms with Crippen molar-refractivity contribution in [3.05, 3.63) is 52.4 Å². The fraction of sp³-hybridized carbons (Fsp3) is 0.286. The van der Waals surface area contributed by atoms with Gasteiger partial charge in [-0.2, -0.15) is 0 Å². The molecule has 0 radical (unpaired) electrons. The van der Waals surface area contributed by atoms with Gasteiger partial charge < -0.3 is 5.73 Å². The van der Waals surface area contributed by atoms with Gasteiger partial charge in [-0.25, -0.2) is 13.1 Å². The van der Waals surface area contributed by atoms with Gasteiger partial charge in [-0.3, -0.25) is 0 Å². The highest BCUT2D eigenvalue weighted by Crippen LogP contribution is 2.25. The van der Waals surface area contributed by atoms with Crippen molar-refractivity contribution in [3.8, 4) is 0 Å². The van der Waals surface area contributed by atoms with Crippen molar-refractivity contribution >= 4 is 21.4 Å². The highest BCUT2D eigenvalue weighted by Gasteiger charge is 2.26. The Morgan fingerprint density at radius 3 is 2.35 bits per heavy atom. The molecule has 0 aliphatic heterocycles. The molecule has 106 valence electrons. The number of hydrogen-bond donors (Lipinski definition) is 2. The van der Waals surface area contributed by atoms with Crippen molar-refractivity contribution in [1.29, 1.82) is 0 Å². The van der Waals surface area contributed by atoms with E-state index in [-0.39, 0.29) is 6.04 Å². The molecule has 2 aromatic rings. The molecule has 1 aliphatic carbocycles. The minimum absolute atomic E-state index is 0.0548. The van der Waals surface area contributed by atoms with Crippen LogP contribution in [0.2, 0.25) is 0 Å². The van der Waals surface area contributed by atoms with E-state index in [2.05, 4.69) is 16.9 Å². The van der Waals surface area contributed by atoms with Crippen molar-refractivity contribution in [1.82, 2.24) is 4.72 Å². The predicted octanol–water partition coefficient (Wildman–Crippen LogP) is 1.65. The number of nitrogens with one attached hydrogen (secondary N) is 1. The van der Waals surface area contributed by atoms with Crippen LogP contribution in [0.4, 0.5) is 0 Å². The van der Waals surface area contributed by atoms with Crippen LogP contribution in [0, 0.1) is 0 Å². The van der Waals surface area contributed by atoms with Crippen LogP contribution in [0.1, 0.15) is 16.0 Å². The van der Waals surface area contributed by atoms with E-state index >= 15 is 0 Å². The van der Waals surface area contributed by atoms with E-state index < -0.39 is 10.0 Å². The molecular weight excluding hydrogens is 292 g/mol. The van der Waals surface area contributed by atoms with Gasteiger partial charge in [0.15, 0.2) is 0 Å². The third kappa shape index (κ3) is 2.64. The molecular formula is C14H16N2O2S2. The van der Waals surface area contributed by atoms with Crippen LogP contribution in [0.5, 0.6) is 0 Å². The lowest BCUT2D eigenvalue weighted by Gasteiger charge is -2.11. The number of benzene rings is 1. The third-order valence-electron chi connectivity index (χ3n) is 3.48. The fourth-order valence-electron chi connectivity index (χ4n) is 2.53. The lowest BCUT2D eigenvalue weighted by molar-refractivity contribution is 0.557. The van der Waals surface area contributed by atoms with Crippen molar-refractivity contribution in [2.75, 3.05) is 0 Å². The van der Waals surface area contributed by atoms with Gasteiger partial charge in [-0.15, -0.1) is 11.3 Å². The SMILES string of the molecule is NCc1ccc(S(=O)(=O)NC2Cc3ccccc3C2)s1. The number of nitrogens with two attached hydrogens (primary N) is 1. The second-order valence-corrected chi connectivity index (χ2v) is 8.03. The number of fused-ring (bicyclic) bond motifs is 1. The van der Waals surface area contributed by atoms with Crippen LogP contribution < -0.4 is 10.5 Å². The van der Waals surface area contributed by atoms with Crippen LogP contribution in [-0.4, -0.2) is 14.5 Å². The maximum absolute atomic E-state index is 12.3. The van der Waals surface area contributed by atoms with Gasteiger partial charge in [0.1, 0.15) is 4.21 Å². The minimum Gasteiger partial charge on any atom is -0.326 e. The monoisotopic (exact) mass is 308 g/mol. The van der Waals surface area contributed by atoms with E-state index in [9.17, 15) is 8.42 Å². The van der Waals surface area contributed by atoms with E-state index in [0.29, 0.717) is 10.8 Å². The Balaban J connectivity index is 1.75. The predicted molar refractivity (Wildman–Crippen MR) is 80.2 cm³/mol. The number of thiophene rings is 1. The number of hydrogen-bond acceptors (Lipinski definition) is 4. The normalized spacial score (nSPS) is 15.4. The van der Waals surface area contributed by atoms with Crippen molar-refractivity contribution in [2.45, 2.75) is 29.6 Å². The van der Waals surface area contributed by atoms with Gasteiger partial charge in [0, 0.05) is 17.5 Å². The summed E-state index contributed by atoms with van der Waals surface area (Å²) in [7, 11) is -3.44. The lowest BCUT2D eigenvalue weighted by Crippen LogP contribution is -2.34. The number of sulfonamides is 1. The van der Waals surface area contributed by atoms with Crippen LogP contribution >= 0.6 is 11.3 Å². The first-order chi connectivity index (χ1) is 9.58. The van der Waals surface area contributed by atoms with Gasteiger partial charge in [0.2, 0.25) is 10.0 Å². The van der Waals surface area contributed by atoms with E-state index in [0.717, 1.165) is 17.7 Å². The second-order valence-electron chi connectivity index (χ2n) is 4.92. The molecule has 4 nitrogen and oxygen atoms in total. The summed E-state index contributed by atoms with van der Waals surface area (Å²) < 4.78 is 27.8. The summed E-state index contributed by atoms with van der Waals surface area (Å²) in [5.74, 6) is 0. The minimum atomic E-state index is -3.44. The van der Waals surface area contributed by atoms with Crippen molar-refractivity contribution < 1.29 is 8.42 Å². The summed E-state index contributed by atoms with van der Waals surface area (Å²) in [6, 6.07) is 11.4. The van der Waals surface area contributed by atoms with E-state index in [1.54, 1.807) is 12.1 Å². The highest BCUT2D eigenvalue weighted by atomic mass is 32.2. The van der Waals surface area contributed by atoms with Crippen LogP contribution in [0.3, 0.4) is 0 Å². The third-order valence-corrected chi connectivity index (χ3v) is 6.60. The molecule has 0 unspecified atom stereocenters. The van der Waals surface area contributed by atoms with Gasteiger partial charge in [-0.1, -0.05) is 24.3 Å². The Kier molecular flexibility index (Phi) is 3.64. The molecule has 3 N–H and O–H groups in total. The Labute approximate surface area is 122 Å². The first-order valence-corrected chi connectivity index (χ1v) is 8.76. The van der Waals surface area contributed by atoms with E-state index in [4.69, 9.17) is 5.73 Å². The Morgan fingerprint density at radius 2 is 1.80 bits per heavy atom. The molecule has 20 heavy (non-hydrogen) atoms. The average molecular weight is 308 g/mol. The molecule has 0 spiro atoms. The summed E-state index contributed by atoms with van der Waals surface area (Å²) in [4.78, 5) is 0.875. The summed E-state index contributed by atoms with van der Waals surface area (Å²) in [6.07, 6.45) is 1.51. The lowest BCUT2D eigenvalue weighted by atomic mass is 10.1. The summed E-state index contributed by atoms with van der Waals surface area (Å²) in [5.41, 5.74) is 7.98. The average Bonchev–Trinajstić information content (AvgIpc) is 3.04. The number of rotatable bonds is 4. The highest BCUT2D eigenvalue weighted by molar-refractivity contribution is 7.91. The van der Waals surface area contributed by atoms with Gasteiger partial charge in [0.25, 0.3) is 0 Å². The Morgan fingerprint density at radius 1 is 1.15 bits per heavy atom. The summed E-state index contributed by atoms with van der Waals surface area (Å²) >= 11 is 1.23. The largest absolute Gasteiger partial charge is 0.326 e. The molecule has 1 heterocycles. The van der Waals surface area contributed by atoms with Crippen LogP contribution in [-0.2, 0) is 29.4 Å². The van der Waals surface area contributed by atoms with Gasteiger partial charge in [-0.05, 0) is 36.1 Å². The molecule has 3 rings (SSSR count). The molecule has 0 saturated heterocycles. The van der Waals surface area contributed by atoms with Crippen molar-refractivity contribution in [2.24, 2.45) is 5.73 Å². The summed E-state index contributed by atoms with van der Waals surface area (Å²) in [5, 5.41) is 0. The van der Waals surface area contributed by atoms with Crippen LogP contribution in [0.15, 0.2) is 40.6 Å². The molecule has 1 aliphatic rings. The van der Waals surface area contributed by atoms with E-state index in [1.165, 1.54) is 22.5 Å². The Hall–Kier alpha value is -1.21. The van der Waals surface area contributed by atoms with Gasteiger partial charge >= 0.3 is 0 Å². The molecule has 0 fully saturated rings. The zero-order valence-electron chi connectivity index (χ0n) is 10.9. The first-order valence-electron chi connectivity index (χ1n) is 6.46. The topological polar surface area (TPSA) is 72.2 Å².